The van der Waals surface area contributed by atoms with Crippen LogP contribution in [0.3, 0.4) is 0 Å². The molecule has 0 heterocycles. The Morgan fingerprint density at radius 3 is 2.82 bits per heavy atom. The maximum Gasteiger partial charge on any atom is 0.159 e. The van der Waals surface area contributed by atoms with Crippen molar-refractivity contribution in [2.45, 2.75) is 19.3 Å². The molecule has 1 atom stereocenters. The van der Waals surface area contributed by atoms with Crippen molar-refractivity contribution in [1.82, 2.24) is 0 Å². The Morgan fingerprint density at radius 1 is 1.35 bits per heavy atom. The van der Waals surface area contributed by atoms with E-state index in [2.05, 4.69) is 0 Å². The fourth-order valence-corrected chi connectivity index (χ4v) is 2.34. The first kappa shape index (κ1) is 12.1. The van der Waals surface area contributed by atoms with E-state index in [9.17, 15) is 4.79 Å². The van der Waals surface area contributed by atoms with E-state index < -0.39 is 0 Å². The maximum atomic E-state index is 12.0. The Labute approximate surface area is 102 Å². The molecule has 0 spiro atoms. The summed E-state index contributed by atoms with van der Waals surface area (Å²) in [6, 6.07) is 10.0. The number of carbonyl (C=O) groups is 1. The van der Waals surface area contributed by atoms with Crippen LogP contribution in [-0.2, 0) is 9.53 Å². The molecular formula is C15H18O2. The summed E-state index contributed by atoms with van der Waals surface area (Å²) in [6.07, 6.45) is 4.74. The van der Waals surface area contributed by atoms with E-state index in [1.165, 1.54) is 0 Å². The lowest BCUT2D eigenvalue weighted by Crippen LogP contribution is -2.22. The predicted molar refractivity (Wildman–Crippen MR) is 68.6 cm³/mol. The molecule has 17 heavy (non-hydrogen) atoms. The second-order valence-electron chi connectivity index (χ2n) is 4.48. The van der Waals surface area contributed by atoms with Crippen LogP contribution in [0.15, 0.2) is 35.9 Å². The van der Waals surface area contributed by atoms with E-state index in [1.54, 1.807) is 7.11 Å². The Kier molecular flexibility index (Phi) is 4.10. The van der Waals surface area contributed by atoms with Crippen molar-refractivity contribution in [2.75, 3.05) is 13.7 Å². The van der Waals surface area contributed by atoms with Gasteiger partial charge in [0.2, 0.25) is 0 Å². The van der Waals surface area contributed by atoms with E-state index in [1.807, 2.05) is 36.4 Å². The number of ether oxygens (including phenoxy) is 1. The maximum absolute atomic E-state index is 12.0. The molecule has 1 aliphatic carbocycles. The van der Waals surface area contributed by atoms with Gasteiger partial charge in [-0.3, -0.25) is 4.79 Å². The largest absolute Gasteiger partial charge is 0.384 e. The van der Waals surface area contributed by atoms with Crippen molar-refractivity contribution in [3.63, 3.8) is 0 Å². The second kappa shape index (κ2) is 5.78. The molecule has 0 aromatic heterocycles. The van der Waals surface area contributed by atoms with Crippen molar-refractivity contribution in [3.8, 4) is 0 Å². The zero-order chi connectivity index (χ0) is 12.1. The number of methoxy groups -OCH3 is 1. The van der Waals surface area contributed by atoms with Crippen molar-refractivity contribution in [1.29, 1.82) is 0 Å². The smallest absolute Gasteiger partial charge is 0.159 e. The summed E-state index contributed by atoms with van der Waals surface area (Å²) in [5.41, 5.74) is 2.03. The molecule has 0 saturated heterocycles. The first-order chi connectivity index (χ1) is 8.31. The summed E-state index contributed by atoms with van der Waals surface area (Å²) in [5, 5.41) is 0. The molecule has 1 aromatic carbocycles. The molecule has 2 rings (SSSR count). The van der Waals surface area contributed by atoms with Gasteiger partial charge in [0.15, 0.2) is 5.78 Å². The van der Waals surface area contributed by atoms with Gasteiger partial charge in [0.05, 0.1) is 6.61 Å². The molecule has 2 nitrogen and oxygen atoms in total. The minimum absolute atomic E-state index is 0.265. The number of carbonyl (C=O) groups excluding carboxylic acids is 1. The molecule has 2 heteroatoms. The van der Waals surface area contributed by atoms with E-state index in [4.69, 9.17) is 4.74 Å². The molecule has 1 aliphatic rings. The lowest BCUT2D eigenvalue weighted by Gasteiger charge is -2.23. The molecule has 1 saturated carbocycles. The van der Waals surface area contributed by atoms with Crippen LogP contribution in [0.4, 0.5) is 0 Å². The lowest BCUT2D eigenvalue weighted by molar-refractivity contribution is -0.117. The topological polar surface area (TPSA) is 26.3 Å². The summed E-state index contributed by atoms with van der Waals surface area (Å²) < 4.78 is 5.20. The van der Waals surface area contributed by atoms with Crippen LogP contribution < -0.4 is 0 Å². The summed E-state index contributed by atoms with van der Waals surface area (Å²) in [4.78, 5) is 12.0. The van der Waals surface area contributed by atoms with Gasteiger partial charge in [0, 0.05) is 25.0 Å². The highest BCUT2D eigenvalue weighted by molar-refractivity contribution is 6.00. The minimum atomic E-state index is 0.265. The first-order valence-corrected chi connectivity index (χ1v) is 6.10. The average Bonchev–Trinajstić information content (AvgIpc) is 2.35. The Bertz CT molecular complexity index is 404. The standard InChI is InChI=1S/C15H18O2/c1-17-11-13-8-5-9-15(16)14(13)10-12-6-3-2-4-7-12/h2-4,6-7,10,13H,5,8-9,11H2,1H3. The number of benzene rings is 1. The summed E-state index contributed by atoms with van der Waals surface area (Å²) >= 11 is 0. The Balaban J connectivity index is 2.25. The van der Waals surface area contributed by atoms with Crippen molar-refractivity contribution >= 4 is 11.9 Å². The van der Waals surface area contributed by atoms with Gasteiger partial charge in [0.25, 0.3) is 0 Å². The third-order valence-corrected chi connectivity index (χ3v) is 3.21. The monoisotopic (exact) mass is 230 g/mol. The lowest BCUT2D eigenvalue weighted by atomic mass is 9.83. The molecule has 1 unspecified atom stereocenters. The number of ketones is 1. The van der Waals surface area contributed by atoms with Gasteiger partial charge in [-0.15, -0.1) is 0 Å². The van der Waals surface area contributed by atoms with Gasteiger partial charge in [-0.1, -0.05) is 30.3 Å². The molecule has 90 valence electrons. The van der Waals surface area contributed by atoms with Crippen LogP contribution in [0.5, 0.6) is 0 Å². The SMILES string of the molecule is COCC1CCCC(=O)C1=Cc1ccccc1. The second-order valence-corrected chi connectivity index (χ2v) is 4.48. The van der Waals surface area contributed by atoms with Crippen molar-refractivity contribution < 1.29 is 9.53 Å². The fourth-order valence-electron chi connectivity index (χ4n) is 2.34. The van der Waals surface area contributed by atoms with Gasteiger partial charge < -0.3 is 4.74 Å². The van der Waals surface area contributed by atoms with Crippen LogP contribution in [0.1, 0.15) is 24.8 Å². The normalized spacial score (nSPS) is 23.0. The Hall–Kier alpha value is -1.41. The first-order valence-electron chi connectivity index (χ1n) is 6.10. The molecule has 0 bridgehead atoms. The van der Waals surface area contributed by atoms with Crippen LogP contribution in [-0.4, -0.2) is 19.5 Å². The molecule has 1 aromatic rings. The highest BCUT2D eigenvalue weighted by Gasteiger charge is 2.25. The van der Waals surface area contributed by atoms with Crippen LogP contribution >= 0.6 is 0 Å². The summed E-state index contributed by atoms with van der Waals surface area (Å²) in [5.74, 6) is 0.545. The van der Waals surface area contributed by atoms with Crippen LogP contribution in [0.2, 0.25) is 0 Å². The number of rotatable bonds is 3. The molecule has 0 radical (unpaired) electrons. The van der Waals surface area contributed by atoms with Gasteiger partial charge in [0.1, 0.15) is 0 Å². The quantitative estimate of drug-likeness (QED) is 0.746. The minimum Gasteiger partial charge on any atom is -0.384 e. The van der Waals surface area contributed by atoms with Crippen molar-refractivity contribution in [2.24, 2.45) is 5.92 Å². The van der Waals surface area contributed by atoms with Gasteiger partial charge in [-0.25, -0.2) is 0 Å². The van der Waals surface area contributed by atoms with Gasteiger partial charge in [-0.05, 0) is 24.5 Å². The van der Waals surface area contributed by atoms with E-state index >= 15 is 0 Å². The van der Waals surface area contributed by atoms with E-state index in [0.717, 1.165) is 24.0 Å². The van der Waals surface area contributed by atoms with Crippen LogP contribution in [0.25, 0.3) is 6.08 Å². The molecular weight excluding hydrogens is 212 g/mol. The predicted octanol–water partition coefficient (Wildman–Crippen LogP) is 3.09. The molecule has 0 aliphatic heterocycles. The summed E-state index contributed by atoms with van der Waals surface area (Å²) in [6.45, 7) is 0.643. The third-order valence-electron chi connectivity index (χ3n) is 3.21. The van der Waals surface area contributed by atoms with Crippen LogP contribution in [0, 0.1) is 5.92 Å². The zero-order valence-electron chi connectivity index (χ0n) is 10.2. The number of hydrogen-bond acceptors (Lipinski definition) is 2. The van der Waals surface area contributed by atoms with Gasteiger partial charge >= 0.3 is 0 Å². The van der Waals surface area contributed by atoms with E-state index in [0.29, 0.717) is 13.0 Å². The average molecular weight is 230 g/mol. The van der Waals surface area contributed by atoms with Gasteiger partial charge in [-0.2, -0.15) is 0 Å². The van der Waals surface area contributed by atoms with E-state index in [-0.39, 0.29) is 11.7 Å². The molecule has 1 fully saturated rings. The third kappa shape index (κ3) is 3.04. The zero-order valence-corrected chi connectivity index (χ0v) is 10.2. The number of hydrogen-bond donors (Lipinski definition) is 0. The molecule has 0 amide bonds. The highest BCUT2D eigenvalue weighted by atomic mass is 16.5. The summed E-state index contributed by atoms with van der Waals surface area (Å²) in [7, 11) is 1.69. The fraction of sp³-hybridized carbons (Fsp3) is 0.400. The highest BCUT2D eigenvalue weighted by Crippen LogP contribution is 2.28. The van der Waals surface area contributed by atoms with Crippen molar-refractivity contribution in [3.05, 3.63) is 41.5 Å². The molecule has 0 N–H and O–H groups in total. The Morgan fingerprint density at radius 2 is 2.12 bits per heavy atom. The number of Topliss-reactive ketones (excluding diaryl/α,β-unsaturated/α-hetero) is 1.